The topological polar surface area (TPSA) is 35.2 Å². The van der Waals surface area contributed by atoms with Crippen LogP contribution >= 0.6 is 0 Å². The van der Waals surface area contributed by atoms with Crippen molar-refractivity contribution in [1.82, 2.24) is 0 Å². The van der Waals surface area contributed by atoms with Gasteiger partial charge in [0.2, 0.25) is 0 Å². The first kappa shape index (κ1) is 8.52. The summed E-state index contributed by atoms with van der Waals surface area (Å²) in [5, 5.41) is 0. The highest BCUT2D eigenvalue weighted by Crippen LogP contribution is 2.54. The van der Waals surface area contributed by atoms with Crippen LogP contribution in [0.25, 0.3) is 0 Å². The average Bonchev–Trinajstić information content (AvgIpc) is 2.53. The van der Waals surface area contributed by atoms with Gasteiger partial charge in [0.05, 0.1) is 6.10 Å². The first-order valence-electron chi connectivity index (χ1n) is 5.01. The van der Waals surface area contributed by atoms with Crippen LogP contribution in [0.1, 0.15) is 33.1 Å². The molecule has 1 aliphatic carbocycles. The second kappa shape index (κ2) is 2.71. The lowest BCUT2D eigenvalue weighted by atomic mass is 10.00. The maximum absolute atomic E-state index is 6.00. The normalized spacial score (nSPS) is 45.8. The van der Waals surface area contributed by atoms with Crippen molar-refractivity contribution >= 4 is 0 Å². The largest absolute Gasteiger partial charge is 0.378 e. The van der Waals surface area contributed by atoms with Crippen molar-refractivity contribution in [3.63, 3.8) is 0 Å². The predicted octanol–water partition coefficient (Wildman–Crippen LogP) is 1.54. The lowest BCUT2D eigenvalue weighted by Gasteiger charge is -2.23. The zero-order valence-electron chi connectivity index (χ0n) is 8.05. The van der Waals surface area contributed by atoms with E-state index in [1.54, 1.807) is 0 Å². The highest BCUT2D eigenvalue weighted by molar-refractivity contribution is 5.12. The van der Waals surface area contributed by atoms with Crippen LogP contribution in [-0.4, -0.2) is 18.8 Å². The fourth-order valence-electron chi connectivity index (χ4n) is 2.48. The van der Waals surface area contributed by atoms with Gasteiger partial charge in [-0.3, -0.25) is 0 Å². The van der Waals surface area contributed by atoms with Crippen LogP contribution in [0.3, 0.4) is 0 Å². The predicted molar refractivity (Wildman–Crippen MR) is 48.8 cm³/mol. The molecule has 0 aromatic heterocycles. The molecule has 1 heterocycles. The molecule has 0 aromatic rings. The van der Waals surface area contributed by atoms with Gasteiger partial charge in [-0.2, -0.15) is 0 Å². The Bertz CT molecular complexity index is 173. The van der Waals surface area contributed by atoms with Crippen LogP contribution in [0.4, 0.5) is 0 Å². The lowest BCUT2D eigenvalue weighted by Crippen LogP contribution is -2.24. The van der Waals surface area contributed by atoms with Crippen LogP contribution in [0, 0.1) is 11.3 Å². The van der Waals surface area contributed by atoms with Gasteiger partial charge in [0.15, 0.2) is 0 Å². The van der Waals surface area contributed by atoms with E-state index in [0.717, 1.165) is 6.61 Å². The van der Waals surface area contributed by atoms with E-state index in [9.17, 15) is 0 Å². The minimum absolute atomic E-state index is 0.335. The van der Waals surface area contributed by atoms with E-state index < -0.39 is 0 Å². The Labute approximate surface area is 74.5 Å². The van der Waals surface area contributed by atoms with Crippen molar-refractivity contribution in [3.8, 4) is 0 Å². The number of nitrogens with two attached hydrogens (primary N) is 1. The Kier molecular flexibility index (Phi) is 1.92. The number of rotatable bonds is 1. The minimum atomic E-state index is 0.335. The zero-order valence-corrected chi connectivity index (χ0v) is 8.05. The third-order valence-electron chi connectivity index (χ3n) is 3.61. The van der Waals surface area contributed by atoms with Gasteiger partial charge < -0.3 is 10.5 Å². The molecule has 1 saturated carbocycles. The SMILES string of the molecule is CC1(C)[C@H](N)[C@H]1C1CCCCO1. The molecule has 12 heavy (non-hydrogen) atoms. The molecule has 2 fully saturated rings. The van der Waals surface area contributed by atoms with Crippen molar-refractivity contribution in [1.29, 1.82) is 0 Å². The summed E-state index contributed by atoms with van der Waals surface area (Å²) in [6.07, 6.45) is 4.24. The number of hydrogen-bond acceptors (Lipinski definition) is 2. The Morgan fingerprint density at radius 2 is 2.00 bits per heavy atom. The number of ether oxygens (including phenoxy) is 1. The van der Waals surface area contributed by atoms with Crippen molar-refractivity contribution in [2.45, 2.75) is 45.3 Å². The highest BCUT2D eigenvalue weighted by atomic mass is 16.5. The molecule has 2 N–H and O–H groups in total. The van der Waals surface area contributed by atoms with Crippen LogP contribution in [0.2, 0.25) is 0 Å². The quantitative estimate of drug-likeness (QED) is 0.646. The van der Waals surface area contributed by atoms with E-state index in [0.29, 0.717) is 23.5 Å². The second-order valence-corrected chi connectivity index (χ2v) is 4.78. The van der Waals surface area contributed by atoms with Gasteiger partial charge in [0.25, 0.3) is 0 Å². The molecular formula is C10H19NO. The fraction of sp³-hybridized carbons (Fsp3) is 1.00. The summed E-state index contributed by atoms with van der Waals surface area (Å²) in [7, 11) is 0. The Balaban J connectivity index is 1.93. The van der Waals surface area contributed by atoms with Gasteiger partial charge >= 0.3 is 0 Å². The molecule has 0 radical (unpaired) electrons. The first-order chi connectivity index (χ1) is 5.64. The van der Waals surface area contributed by atoms with Crippen LogP contribution in [-0.2, 0) is 4.74 Å². The van der Waals surface area contributed by atoms with Gasteiger partial charge in [-0.25, -0.2) is 0 Å². The summed E-state index contributed by atoms with van der Waals surface area (Å²) in [5.41, 5.74) is 6.33. The van der Waals surface area contributed by atoms with E-state index in [1.165, 1.54) is 19.3 Å². The molecule has 1 aliphatic heterocycles. The van der Waals surface area contributed by atoms with Crippen LogP contribution in [0.15, 0.2) is 0 Å². The molecule has 0 spiro atoms. The molecule has 0 amide bonds. The summed E-state index contributed by atoms with van der Waals surface area (Å²) in [6, 6.07) is 0.376. The molecule has 1 unspecified atom stereocenters. The molecular weight excluding hydrogens is 150 g/mol. The first-order valence-corrected chi connectivity index (χ1v) is 5.01. The summed E-state index contributed by atoms with van der Waals surface area (Å²) >= 11 is 0. The monoisotopic (exact) mass is 169 g/mol. The Hall–Kier alpha value is -0.0800. The molecule has 1 saturated heterocycles. The smallest absolute Gasteiger partial charge is 0.0624 e. The molecule has 3 atom stereocenters. The van der Waals surface area contributed by atoms with Crippen molar-refractivity contribution in [2.24, 2.45) is 17.1 Å². The molecule has 0 aromatic carbocycles. The van der Waals surface area contributed by atoms with Gasteiger partial charge in [-0.05, 0) is 24.7 Å². The van der Waals surface area contributed by atoms with Gasteiger partial charge in [-0.1, -0.05) is 13.8 Å². The van der Waals surface area contributed by atoms with E-state index in [4.69, 9.17) is 10.5 Å². The van der Waals surface area contributed by atoms with E-state index in [1.807, 2.05) is 0 Å². The zero-order chi connectivity index (χ0) is 8.77. The molecule has 0 bridgehead atoms. The minimum Gasteiger partial charge on any atom is -0.378 e. The molecule has 2 nitrogen and oxygen atoms in total. The third-order valence-corrected chi connectivity index (χ3v) is 3.61. The van der Waals surface area contributed by atoms with Gasteiger partial charge in [-0.15, -0.1) is 0 Å². The summed E-state index contributed by atoms with van der Waals surface area (Å²) in [5.74, 6) is 0.623. The maximum Gasteiger partial charge on any atom is 0.0624 e. The summed E-state index contributed by atoms with van der Waals surface area (Å²) in [4.78, 5) is 0. The highest BCUT2D eigenvalue weighted by Gasteiger charge is 2.59. The second-order valence-electron chi connectivity index (χ2n) is 4.78. The van der Waals surface area contributed by atoms with E-state index >= 15 is 0 Å². The van der Waals surface area contributed by atoms with E-state index in [-0.39, 0.29) is 0 Å². The van der Waals surface area contributed by atoms with Crippen molar-refractivity contribution in [3.05, 3.63) is 0 Å². The molecule has 70 valence electrons. The molecule has 2 heteroatoms. The number of hydrogen-bond donors (Lipinski definition) is 1. The Morgan fingerprint density at radius 3 is 2.42 bits per heavy atom. The Morgan fingerprint density at radius 1 is 1.33 bits per heavy atom. The standard InChI is InChI=1S/C10H19NO/c1-10(2)8(9(10)11)7-5-3-4-6-12-7/h7-9H,3-6,11H2,1-2H3/t7?,8-,9-/m1/s1. The third kappa shape index (κ3) is 1.17. The van der Waals surface area contributed by atoms with Crippen molar-refractivity contribution in [2.75, 3.05) is 6.61 Å². The van der Waals surface area contributed by atoms with Gasteiger partial charge in [0, 0.05) is 18.6 Å². The van der Waals surface area contributed by atoms with E-state index in [2.05, 4.69) is 13.8 Å². The maximum atomic E-state index is 6.00. The summed E-state index contributed by atoms with van der Waals surface area (Å²) < 4.78 is 5.73. The van der Waals surface area contributed by atoms with Gasteiger partial charge in [0.1, 0.15) is 0 Å². The summed E-state index contributed by atoms with van der Waals surface area (Å²) in [6.45, 7) is 5.45. The average molecular weight is 169 g/mol. The fourth-order valence-corrected chi connectivity index (χ4v) is 2.48. The van der Waals surface area contributed by atoms with Crippen molar-refractivity contribution < 1.29 is 4.74 Å². The lowest BCUT2D eigenvalue weighted by molar-refractivity contribution is -0.00496. The van der Waals surface area contributed by atoms with Crippen LogP contribution < -0.4 is 5.73 Å². The molecule has 2 rings (SSSR count). The molecule has 2 aliphatic rings. The van der Waals surface area contributed by atoms with Crippen LogP contribution in [0.5, 0.6) is 0 Å².